The Hall–Kier alpha value is -2.40. The summed E-state index contributed by atoms with van der Waals surface area (Å²) in [7, 11) is 0. The van der Waals surface area contributed by atoms with Crippen LogP contribution in [0.15, 0.2) is 42.5 Å². The number of carbonyl (C=O) groups is 1. The molecule has 2 aromatic rings. The number of thiocarbonyl (C=S) groups is 1. The van der Waals surface area contributed by atoms with E-state index in [2.05, 4.69) is 42.7 Å². The number of nitrogens with one attached hydrogen (secondary N) is 2. The molecule has 3 rings (SSSR count). The molecule has 4 nitrogen and oxygen atoms in total. The molecule has 1 aliphatic rings. The topological polar surface area (TPSA) is 44.4 Å². The van der Waals surface area contributed by atoms with Gasteiger partial charge in [-0.2, -0.15) is 0 Å². The molecule has 0 bridgehead atoms. The first-order chi connectivity index (χ1) is 12.0. The molecule has 5 heteroatoms. The highest BCUT2D eigenvalue weighted by atomic mass is 32.1. The van der Waals surface area contributed by atoms with Gasteiger partial charge in [-0.1, -0.05) is 29.8 Å². The number of benzene rings is 2. The van der Waals surface area contributed by atoms with Crippen LogP contribution in [0.5, 0.6) is 0 Å². The quantitative estimate of drug-likeness (QED) is 0.818. The first kappa shape index (κ1) is 17.4. The highest BCUT2D eigenvalue weighted by Gasteiger charge is 2.21. The van der Waals surface area contributed by atoms with E-state index in [9.17, 15) is 4.79 Å². The summed E-state index contributed by atoms with van der Waals surface area (Å²) < 4.78 is 0. The Morgan fingerprint density at radius 1 is 1.20 bits per heavy atom. The minimum absolute atomic E-state index is 0.206. The maximum Gasteiger partial charge on any atom is 0.227 e. The summed E-state index contributed by atoms with van der Waals surface area (Å²) in [6.07, 6.45) is 1.58. The van der Waals surface area contributed by atoms with Gasteiger partial charge in [-0.05, 0) is 61.8 Å². The van der Waals surface area contributed by atoms with Crippen LogP contribution in [0.1, 0.15) is 29.5 Å². The standard InChI is InChI=1S/C20H23N3OS/c1-14-8-9-18(15(2)11-14)22-20(25)21-13-16-5-3-6-17(12-16)23-10-4-7-19(23)24/h3,5-6,8-9,11-12H,4,7,10,13H2,1-2H3,(H2,21,22,25). The van der Waals surface area contributed by atoms with Crippen LogP contribution >= 0.6 is 12.2 Å². The van der Waals surface area contributed by atoms with Crippen LogP contribution in [0.3, 0.4) is 0 Å². The van der Waals surface area contributed by atoms with Crippen LogP contribution in [-0.2, 0) is 11.3 Å². The van der Waals surface area contributed by atoms with Crippen molar-refractivity contribution in [1.82, 2.24) is 5.32 Å². The van der Waals surface area contributed by atoms with Crippen LogP contribution in [0.4, 0.5) is 11.4 Å². The van der Waals surface area contributed by atoms with Gasteiger partial charge in [0, 0.05) is 30.9 Å². The zero-order chi connectivity index (χ0) is 17.8. The number of aryl methyl sites for hydroxylation is 2. The van der Waals surface area contributed by atoms with E-state index < -0.39 is 0 Å². The van der Waals surface area contributed by atoms with E-state index in [1.807, 2.05) is 29.2 Å². The van der Waals surface area contributed by atoms with Crippen LogP contribution in [-0.4, -0.2) is 17.6 Å². The van der Waals surface area contributed by atoms with Crippen molar-refractivity contribution in [3.05, 3.63) is 59.2 Å². The number of carbonyl (C=O) groups excluding carboxylic acids is 1. The average molecular weight is 353 g/mol. The van der Waals surface area contributed by atoms with Gasteiger partial charge in [-0.3, -0.25) is 4.79 Å². The molecule has 1 aliphatic heterocycles. The van der Waals surface area contributed by atoms with Crippen LogP contribution < -0.4 is 15.5 Å². The van der Waals surface area contributed by atoms with Crippen molar-refractivity contribution >= 4 is 34.6 Å². The largest absolute Gasteiger partial charge is 0.358 e. The fourth-order valence-corrected chi connectivity index (χ4v) is 3.24. The van der Waals surface area contributed by atoms with Crippen LogP contribution in [0, 0.1) is 13.8 Å². The average Bonchev–Trinajstić information content (AvgIpc) is 3.02. The zero-order valence-corrected chi connectivity index (χ0v) is 15.5. The number of anilines is 2. The van der Waals surface area contributed by atoms with Gasteiger partial charge in [0.05, 0.1) is 0 Å². The Labute approximate surface area is 154 Å². The van der Waals surface area contributed by atoms with E-state index in [1.165, 1.54) is 11.1 Å². The second-order valence-electron chi connectivity index (χ2n) is 6.44. The maximum atomic E-state index is 11.9. The summed E-state index contributed by atoms with van der Waals surface area (Å²) in [6.45, 7) is 5.56. The molecule has 0 radical (unpaired) electrons. The van der Waals surface area contributed by atoms with Crippen molar-refractivity contribution in [1.29, 1.82) is 0 Å². The first-order valence-corrected chi connectivity index (χ1v) is 8.95. The number of hydrogen-bond acceptors (Lipinski definition) is 2. The van der Waals surface area contributed by atoms with Gasteiger partial charge in [0.25, 0.3) is 0 Å². The van der Waals surface area contributed by atoms with E-state index in [4.69, 9.17) is 12.2 Å². The Morgan fingerprint density at radius 2 is 2.04 bits per heavy atom. The van der Waals surface area contributed by atoms with Crippen molar-refractivity contribution < 1.29 is 4.79 Å². The van der Waals surface area contributed by atoms with Gasteiger partial charge in [0.15, 0.2) is 5.11 Å². The Morgan fingerprint density at radius 3 is 2.76 bits per heavy atom. The molecule has 2 N–H and O–H groups in total. The molecule has 0 unspecified atom stereocenters. The molecule has 0 spiro atoms. The third-order valence-corrected chi connectivity index (χ3v) is 4.63. The number of nitrogens with zero attached hydrogens (tertiary/aromatic N) is 1. The third kappa shape index (κ3) is 4.37. The molecule has 1 heterocycles. The van der Waals surface area contributed by atoms with Crippen molar-refractivity contribution in [2.45, 2.75) is 33.2 Å². The highest BCUT2D eigenvalue weighted by Crippen LogP contribution is 2.22. The second kappa shape index (κ2) is 7.66. The van der Waals surface area contributed by atoms with E-state index in [-0.39, 0.29) is 5.91 Å². The van der Waals surface area contributed by atoms with E-state index in [0.717, 1.165) is 29.9 Å². The van der Waals surface area contributed by atoms with Crippen LogP contribution in [0.25, 0.3) is 0 Å². The minimum Gasteiger partial charge on any atom is -0.358 e. The zero-order valence-electron chi connectivity index (χ0n) is 14.6. The van der Waals surface area contributed by atoms with Crippen molar-refractivity contribution in [3.8, 4) is 0 Å². The fraction of sp³-hybridized carbons (Fsp3) is 0.300. The summed E-state index contributed by atoms with van der Waals surface area (Å²) in [6, 6.07) is 14.3. The first-order valence-electron chi connectivity index (χ1n) is 8.54. The number of amides is 1. The smallest absolute Gasteiger partial charge is 0.227 e. The van der Waals surface area contributed by atoms with Gasteiger partial charge in [0.1, 0.15) is 0 Å². The van der Waals surface area contributed by atoms with E-state index in [1.54, 1.807) is 0 Å². The summed E-state index contributed by atoms with van der Waals surface area (Å²) in [5.74, 6) is 0.206. The Bertz CT molecular complexity index is 803. The van der Waals surface area contributed by atoms with Gasteiger partial charge >= 0.3 is 0 Å². The molecule has 1 saturated heterocycles. The minimum atomic E-state index is 0.206. The van der Waals surface area contributed by atoms with Gasteiger partial charge < -0.3 is 15.5 Å². The Kier molecular flexibility index (Phi) is 5.34. The fourth-order valence-electron chi connectivity index (χ4n) is 3.06. The lowest BCUT2D eigenvalue weighted by Crippen LogP contribution is -2.28. The molecule has 130 valence electrons. The lowest BCUT2D eigenvalue weighted by Gasteiger charge is -2.17. The third-order valence-electron chi connectivity index (χ3n) is 4.38. The summed E-state index contributed by atoms with van der Waals surface area (Å²) >= 11 is 5.40. The SMILES string of the molecule is Cc1ccc(NC(=S)NCc2cccc(N3CCCC3=O)c2)c(C)c1. The van der Waals surface area contributed by atoms with Crippen LogP contribution in [0.2, 0.25) is 0 Å². The Balaban J connectivity index is 1.59. The van der Waals surface area contributed by atoms with E-state index >= 15 is 0 Å². The molecule has 0 atom stereocenters. The molecule has 0 aliphatic carbocycles. The normalized spacial score (nSPS) is 13.8. The molecule has 0 aromatic heterocycles. The molecule has 1 amide bonds. The van der Waals surface area contributed by atoms with E-state index in [0.29, 0.717) is 18.1 Å². The predicted octanol–water partition coefficient (Wildman–Crippen LogP) is 3.92. The van der Waals surface area contributed by atoms with Crippen molar-refractivity contribution in [2.24, 2.45) is 0 Å². The van der Waals surface area contributed by atoms with Gasteiger partial charge in [0.2, 0.25) is 5.91 Å². The van der Waals surface area contributed by atoms with Crippen molar-refractivity contribution in [3.63, 3.8) is 0 Å². The van der Waals surface area contributed by atoms with Crippen molar-refractivity contribution in [2.75, 3.05) is 16.8 Å². The summed E-state index contributed by atoms with van der Waals surface area (Å²) in [4.78, 5) is 13.7. The molecule has 0 saturated carbocycles. The maximum absolute atomic E-state index is 11.9. The molecule has 1 fully saturated rings. The van der Waals surface area contributed by atoms with Gasteiger partial charge in [-0.15, -0.1) is 0 Å². The number of rotatable bonds is 4. The van der Waals surface area contributed by atoms with Gasteiger partial charge in [-0.25, -0.2) is 0 Å². The highest BCUT2D eigenvalue weighted by molar-refractivity contribution is 7.80. The monoisotopic (exact) mass is 353 g/mol. The summed E-state index contributed by atoms with van der Waals surface area (Å²) in [5.41, 5.74) is 5.48. The molecule has 2 aromatic carbocycles. The number of hydrogen-bond donors (Lipinski definition) is 2. The predicted molar refractivity (Wildman–Crippen MR) is 107 cm³/mol. The molecule has 25 heavy (non-hydrogen) atoms. The summed E-state index contributed by atoms with van der Waals surface area (Å²) in [5, 5.41) is 7.07. The second-order valence-corrected chi connectivity index (χ2v) is 6.85. The molecular weight excluding hydrogens is 330 g/mol. The molecular formula is C20H23N3OS. The lowest BCUT2D eigenvalue weighted by molar-refractivity contribution is -0.117. The lowest BCUT2D eigenvalue weighted by atomic mass is 10.1.